The highest BCUT2D eigenvalue weighted by atomic mass is 32.2. The van der Waals surface area contributed by atoms with Crippen LogP contribution in [-0.4, -0.2) is 19.3 Å². The highest BCUT2D eigenvalue weighted by Crippen LogP contribution is 2.42. The molecule has 3 aromatic rings. The maximum atomic E-state index is 13.5. The van der Waals surface area contributed by atoms with Gasteiger partial charge in [-0.15, -0.1) is 0 Å². The van der Waals surface area contributed by atoms with Crippen LogP contribution >= 0.6 is 0 Å². The second-order valence-electron chi connectivity index (χ2n) is 6.67. The van der Waals surface area contributed by atoms with Gasteiger partial charge >= 0.3 is 0 Å². The van der Waals surface area contributed by atoms with Gasteiger partial charge in [0.2, 0.25) is 10.0 Å². The standard InChI is InChI=1S/C22H21NO3S/c1-17-12-14-18(15-13-17)21-16-26-22(19-8-4-2-5-9-19)23(21)27(24,25)20-10-6-3-7-11-20/h2-15,21-22H,16H2,1H3. The van der Waals surface area contributed by atoms with Crippen LogP contribution in [0.3, 0.4) is 0 Å². The minimum atomic E-state index is -3.74. The van der Waals surface area contributed by atoms with Crippen molar-refractivity contribution in [1.82, 2.24) is 4.31 Å². The highest BCUT2D eigenvalue weighted by molar-refractivity contribution is 7.89. The largest absolute Gasteiger partial charge is 0.356 e. The summed E-state index contributed by atoms with van der Waals surface area (Å²) in [5.74, 6) is 0. The van der Waals surface area contributed by atoms with Crippen molar-refractivity contribution in [2.24, 2.45) is 0 Å². The molecule has 3 aromatic carbocycles. The third-order valence-electron chi connectivity index (χ3n) is 4.82. The number of aryl methyl sites for hydroxylation is 1. The second-order valence-corrected chi connectivity index (χ2v) is 8.51. The number of nitrogens with zero attached hydrogens (tertiary/aromatic N) is 1. The van der Waals surface area contributed by atoms with E-state index in [9.17, 15) is 8.42 Å². The lowest BCUT2D eigenvalue weighted by molar-refractivity contribution is 0.0681. The maximum Gasteiger partial charge on any atom is 0.246 e. The Kier molecular flexibility index (Phi) is 4.83. The minimum absolute atomic E-state index is 0.272. The molecule has 1 fully saturated rings. The van der Waals surface area contributed by atoms with Crippen molar-refractivity contribution >= 4 is 10.0 Å². The lowest BCUT2D eigenvalue weighted by Crippen LogP contribution is -2.33. The van der Waals surface area contributed by atoms with Gasteiger partial charge in [-0.2, -0.15) is 4.31 Å². The molecular formula is C22H21NO3S. The van der Waals surface area contributed by atoms with Crippen LogP contribution in [0.4, 0.5) is 0 Å². The molecule has 138 valence electrons. The van der Waals surface area contributed by atoms with Gasteiger partial charge in [-0.05, 0) is 30.2 Å². The van der Waals surface area contributed by atoms with Crippen LogP contribution in [0.5, 0.6) is 0 Å². The zero-order valence-electron chi connectivity index (χ0n) is 15.0. The van der Waals surface area contributed by atoms with E-state index in [0.717, 1.165) is 16.7 Å². The molecule has 2 atom stereocenters. The average Bonchev–Trinajstić information content (AvgIpc) is 3.16. The lowest BCUT2D eigenvalue weighted by Gasteiger charge is -2.28. The van der Waals surface area contributed by atoms with Crippen LogP contribution in [0.25, 0.3) is 0 Å². The van der Waals surface area contributed by atoms with Crippen LogP contribution in [0.1, 0.15) is 29.0 Å². The third-order valence-corrected chi connectivity index (χ3v) is 6.68. The normalized spacial score (nSPS) is 20.6. The highest BCUT2D eigenvalue weighted by Gasteiger charge is 2.44. The SMILES string of the molecule is Cc1ccc(C2COC(c3ccccc3)N2S(=O)(=O)c2ccccc2)cc1. The first-order valence-electron chi connectivity index (χ1n) is 8.89. The Hall–Kier alpha value is -2.47. The number of hydrogen-bond acceptors (Lipinski definition) is 3. The number of ether oxygens (including phenoxy) is 1. The molecule has 0 spiro atoms. The van der Waals surface area contributed by atoms with Crippen LogP contribution in [0.2, 0.25) is 0 Å². The molecule has 1 aliphatic heterocycles. The van der Waals surface area contributed by atoms with E-state index in [0.29, 0.717) is 6.61 Å². The molecule has 4 rings (SSSR count). The number of sulfonamides is 1. The smallest absolute Gasteiger partial charge is 0.246 e. The van der Waals surface area contributed by atoms with Gasteiger partial charge in [0, 0.05) is 0 Å². The van der Waals surface area contributed by atoms with E-state index in [1.54, 1.807) is 24.3 Å². The average molecular weight is 379 g/mol. The molecule has 0 aromatic heterocycles. The van der Waals surface area contributed by atoms with E-state index < -0.39 is 16.3 Å². The van der Waals surface area contributed by atoms with Crippen molar-refractivity contribution in [3.63, 3.8) is 0 Å². The van der Waals surface area contributed by atoms with Gasteiger partial charge in [-0.1, -0.05) is 78.4 Å². The fourth-order valence-corrected chi connectivity index (χ4v) is 5.09. The molecule has 2 unspecified atom stereocenters. The Morgan fingerprint density at radius 1 is 0.815 bits per heavy atom. The number of rotatable bonds is 4. The summed E-state index contributed by atoms with van der Waals surface area (Å²) in [5.41, 5.74) is 2.89. The first kappa shape index (κ1) is 17.9. The van der Waals surface area contributed by atoms with Gasteiger partial charge in [0.25, 0.3) is 0 Å². The molecule has 5 heteroatoms. The quantitative estimate of drug-likeness (QED) is 0.673. The van der Waals surface area contributed by atoms with Crippen molar-refractivity contribution in [3.05, 3.63) is 102 Å². The Labute approximate surface area is 160 Å². The first-order valence-corrected chi connectivity index (χ1v) is 10.3. The predicted molar refractivity (Wildman–Crippen MR) is 105 cm³/mol. The zero-order valence-corrected chi connectivity index (χ0v) is 15.8. The molecule has 4 nitrogen and oxygen atoms in total. The summed E-state index contributed by atoms with van der Waals surface area (Å²) in [4.78, 5) is 0.272. The summed E-state index contributed by atoms with van der Waals surface area (Å²) in [6, 6.07) is 25.6. The van der Waals surface area contributed by atoms with Crippen LogP contribution in [-0.2, 0) is 14.8 Å². The molecule has 27 heavy (non-hydrogen) atoms. The molecular weight excluding hydrogens is 358 g/mol. The van der Waals surface area contributed by atoms with E-state index in [2.05, 4.69) is 0 Å². The Bertz CT molecular complexity index is 1000. The van der Waals surface area contributed by atoms with Gasteiger partial charge in [-0.3, -0.25) is 0 Å². The Balaban J connectivity index is 1.82. The second kappa shape index (κ2) is 7.27. The maximum absolute atomic E-state index is 13.5. The van der Waals surface area contributed by atoms with E-state index in [4.69, 9.17) is 4.74 Å². The molecule has 1 aliphatic rings. The fourth-order valence-electron chi connectivity index (χ4n) is 3.39. The van der Waals surface area contributed by atoms with Crippen molar-refractivity contribution in [1.29, 1.82) is 0 Å². The summed E-state index contributed by atoms with van der Waals surface area (Å²) < 4.78 is 34.5. The van der Waals surface area contributed by atoms with Gasteiger partial charge < -0.3 is 4.74 Å². The van der Waals surface area contributed by atoms with E-state index in [1.165, 1.54) is 4.31 Å². The molecule has 0 saturated carbocycles. The van der Waals surface area contributed by atoms with Crippen molar-refractivity contribution in [2.45, 2.75) is 24.1 Å². The van der Waals surface area contributed by atoms with E-state index >= 15 is 0 Å². The summed E-state index contributed by atoms with van der Waals surface area (Å²) >= 11 is 0. The van der Waals surface area contributed by atoms with Crippen molar-refractivity contribution in [2.75, 3.05) is 6.61 Å². The molecule has 0 amide bonds. The summed E-state index contributed by atoms with van der Waals surface area (Å²) in [6.07, 6.45) is -0.650. The molecule has 1 saturated heterocycles. The summed E-state index contributed by atoms with van der Waals surface area (Å²) in [6.45, 7) is 2.33. The fraction of sp³-hybridized carbons (Fsp3) is 0.182. The number of benzene rings is 3. The molecule has 0 bridgehead atoms. The third kappa shape index (κ3) is 3.41. The monoisotopic (exact) mass is 379 g/mol. The topological polar surface area (TPSA) is 46.6 Å². The molecule has 0 radical (unpaired) electrons. The van der Waals surface area contributed by atoms with Gasteiger partial charge in [-0.25, -0.2) is 8.42 Å². The zero-order chi connectivity index (χ0) is 18.9. The minimum Gasteiger partial charge on any atom is -0.356 e. The Morgan fingerprint density at radius 3 is 2.04 bits per heavy atom. The summed E-state index contributed by atoms with van der Waals surface area (Å²) in [5, 5.41) is 0. The van der Waals surface area contributed by atoms with Crippen LogP contribution in [0.15, 0.2) is 89.8 Å². The van der Waals surface area contributed by atoms with Gasteiger partial charge in [0.1, 0.15) is 0 Å². The van der Waals surface area contributed by atoms with Crippen LogP contribution in [0, 0.1) is 6.92 Å². The number of hydrogen-bond donors (Lipinski definition) is 0. The van der Waals surface area contributed by atoms with Gasteiger partial charge in [0.15, 0.2) is 6.23 Å². The summed E-state index contributed by atoms with van der Waals surface area (Å²) in [7, 11) is -3.74. The lowest BCUT2D eigenvalue weighted by atomic mass is 10.1. The van der Waals surface area contributed by atoms with Gasteiger partial charge in [0.05, 0.1) is 17.5 Å². The van der Waals surface area contributed by atoms with Crippen molar-refractivity contribution in [3.8, 4) is 0 Å². The van der Waals surface area contributed by atoms with E-state index in [1.807, 2.05) is 67.6 Å². The Morgan fingerprint density at radius 2 is 1.41 bits per heavy atom. The molecule has 1 heterocycles. The van der Waals surface area contributed by atoms with E-state index in [-0.39, 0.29) is 10.9 Å². The molecule has 0 aliphatic carbocycles. The molecule has 0 N–H and O–H groups in total. The van der Waals surface area contributed by atoms with Crippen LogP contribution < -0.4 is 0 Å². The van der Waals surface area contributed by atoms with Crippen molar-refractivity contribution < 1.29 is 13.2 Å². The predicted octanol–water partition coefficient (Wildman–Crippen LogP) is 4.46. The first-order chi connectivity index (χ1) is 13.1.